The highest BCUT2D eigenvalue weighted by Crippen LogP contribution is 2.24. The summed E-state index contributed by atoms with van der Waals surface area (Å²) in [6.07, 6.45) is 5.46. The molecule has 1 fully saturated rings. The van der Waals surface area contributed by atoms with Gasteiger partial charge in [0.2, 0.25) is 0 Å². The first-order chi connectivity index (χ1) is 15.1. The van der Waals surface area contributed by atoms with Crippen molar-refractivity contribution < 1.29 is 4.79 Å². The lowest BCUT2D eigenvalue weighted by Crippen LogP contribution is -2.40. The number of nitrogens with one attached hydrogen (secondary N) is 3. The molecule has 8 heteroatoms. The number of amides is 1. The number of aromatic amines is 1. The predicted octanol–water partition coefficient (Wildman–Crippen LogP) is 3.54. The van der Waals surface area contributed by atoms with Crippen LogP contribution in [0, 0.1) is 18.3 Å². The predicted molar refractivity (Wildman–Crippen MR) is 118 cm³/mol. The summed E-state index contributed by atoms with van der Waals surface area (Å²) in [5, 5.41) is 24.1. The first-order valence-corrected chi connectivity index (χ1v) is 10.5. The van der Waals surface area contributed by atoms with Crippen molar-refractivity contribution in [1.29, 1.82) is 5.26 Å². The van der Waals surface area contributed by atoms with E-state index in [0.29, 0.717) is 17.3 Å². The van der Waals surface area contributed by atoms with Crippen molar-refractivity contribution >= 4 is 28.3 Å². The van der Waals surface area contributed by atoms with Crippen molar-refractivity contribution in [3.8, 4) is 6.07 Å². The molecule has 0 bridgehead atoms. The Bertz CT molecular complexity index is 1300. The molecule has 8 nitrogen and oxygen atoms in total. The van der Waals surface area contributed by atoms with Crippen molar-refractivity contribution in [1.82, 2.24) is 24.9 Å². The van der Waals surface area contributed by atoms with E-state index in [2.05, 4.69) is 31.9 Å². The number of aromatic nitrogens is 4. The highest BCUT2D eigenvalue weighted by Gasteiger charge is 2.24. The largest absolute Gasteiger partial charge is 0.368 e. The number of fused-ring (bicyclic) bond motifs is 2. The molecule has 0 atom stereocenters. The van der Waals surface area contributed by atoms with E-state index in [4.69, 9.17) is 5.26 Å². The van der Waals surface area contributed by atoms with Crippen LogP contribution in [0.15, 0.2) is 42.6 Å². The Morgan fingerprint density at radius 1 is 1.16 bits per heavy atom. The van der Waals surface area contributed by atoms with Crippen LogP contribution in [-0.4, -0.2) is 37.6 Å². The Kier molecular flexibility index (Phi) is 4.79. The topological polar surface area (TPSA) is 111 Å². The number of nitrogens with zero attached hydrogens (tertiary/aromatic N) is 4. The minimum Gasteiger partial charge on any atom is -0.368 e. The lowest BCUT2D eigenvalue weighted by molar-refractivity contribution is 0.0928. The third-order valence-corrected chi connectivity index (χ3v) is 6.04. The molecule has 4 aromatic rings. The van der Waals surface area contributed by atoms with Gasteiger partial charge in [0.05, 0.1) is 5.56 Å². The number of anilines is 1. The first-order valence-electron chi connectivity index (χ1n) is 10.5. The van der Waals surface area contributed by atoms with E-state index in [1.165, 1.54) is 0 Å². The van der Waals surface area contributed by atoms with E-state index in [0.717, 1.165) is 53.7 Å². The standard InChI is InChI=1S/C23H23N7O/c1-14-18-4-2-5-19(22(18)29-28-14)23(31)27-16-10-8-15(9-11-16)25-20-6-3-7-21-26-17(12-24)13-30(20)21/h2-7,13,15-16,25H,8-11H2,1H3,(H,27,31)(H,28,29)/t15-,16+. The van der Waals surface area contributed by atoms with Gasteiger partial charge in [-0.25, -0.2) is 4.98 Å². The average Bonchev–Trinajstić information content (AvgIpc) is 3.39. The highest BCUT2D eigenvalue weighted by atomic mass is 16.1. The lowest BCUT2D eigenvalue weighted by Gasteiger charge is -2.30. The number of nitriles is 1. The van der Waals surface area contributed by atoms with Gasteiger partial charge in [0.15, 0.2) is 5.69 Å². The minimum absolute atomic E-state index is 0.0688. The molecule has 5 rings (SSSR count). The SMILES string of the molecule is Cc1[nH]nc2c(C(=O)N[C@H]3CC[C@@H](Nc4cccc5nc(C#N)cn45)CC3)cccc12. The van der Waals surface area contributed by atoms with Gasteiger partial charge in [-0.15, -0.1) is 0 Å². The zero-order valence-electron chi connectivity index (χ0n) is 17.2. The number of pyridine rings is 1. The van der Waals surface area contributed by atoms with Crippen molar-refractivity contribution in [2.75, 3.05) is 5.32 Å². The summed E-state index contributed by atoms with van der Waals surface area (Å²) in [5.74, 6) is 0.861. The number of hydrogen-bond acceptors (Lipinski definition) is 5. The minimum atomic E-state index is -0.0688. The monoisotopic (exact) mass is 413 g/mol. The number of aryl methyl sites for hydroxylation is 1. The number of para-hydroxylation sites is 1. The molecule has 31 heavy (non-hydrogen) atoms. The molecule has 1 amide bonds. The van der Waals surface area contributed by atoms with Crippen LogP contribution < -0.4 is 10.6 Å². The van der Waals surface area contributed by atoms with Crippen LogP contribution in [0.2, 0.25) is 0 Å². The number of imidazole rings is 1. The van der Waals surface area contributed by atoms with E-state index in [9.17, 15) is 4.79 Å². The van der Waals surface area contributed by atoms with E-state index in [1.807, 2.05) is 47.7 Å². The smallest absolute Gasteiger partial charge is 0.253 e. The van der Waals surface area contributed by atoms with Crippen molar-refractivity contribution in [3.05, 3.63) is 59.5 Å². The third-order valence-electron chi connectivity index (χ3n) is 6.04. The molecule has 0 unspecified atom stereocenters. The number of carbonyl (C=O) groups excluding carboxylic acids is 1. The van der Waals surface area contributed by atoms with E-state index in [-0.39, 0.29) is 11.9 Å². The summed E-state index contributed by atoms with van der Waals surface area (Å²) in [5.41, 5.74) is 3.46. The summed E-state index contributed by atoms with van der Waals surface area (Å²) >= 11 is 0. The molecular formula is C23H23N7O. The van der Waals surface area contributed by atoms with Crippen molar-refractivity contribution in [2.24, 2.45) is 0 Å². The molecule has 0 spiro atoms. The van der Waals surface area contributed by atoms with Crippen LogP contribution in [0.5, 0.6) is 0 Å². The van der Waals surface area contributed by atoms with Crippen LogP contribution in [0.4, 0.5) is 5.82 Å². The summed E-state index contributed by atoms with van der Waals surface area (Å²) < 4.78 is 1.92. The molecule has 0 saturated heterocycles. The van der Waals surface area contributed by atoms with E-state index >= 15 is 0 Å². The Morgan fingerprint density at radius 3 is 2.74 bits per heavy atom. The van der Waals surface area contributed by atoms with Gasteiger partial charge in [-0.3, -0.25) is 14.3 Å². The molecule has 3 heterocycles. The zero-order chi connectivity index (χ0) is 21.4. The molecule has 1 saturated carbocycles. The van der Waals surface area contributed by atoms with Crippen LogP contribution in [0.3, 0.4) is 0 Å². The van der Waals surface area contributed by atoms with Crippen LogP contribution in [0.1, 0.15) is 47.4 Å². The average molecular weight is 413 g/mol. The molecule has 1 aliphatic rings. The Hall–Kier alpha value is -3.86. The normalized spacial score (nSPS) is 18.7. The van der Waals surface area contributed by atoms with E-state index in [1.54, 1.807) is 6.20 Å². The van der Waals surface area contributed by atoms with Gasteiger partial charge in [-0.1, -0.05) is 18.2 Å². The van der Waals surface area contributed by atoms with Gasteiger partial charge in [0, 0.05) is 29.4 Å². The van der Waals surface area contributed by atoms with Crippen LogP contribution in [0.25, 0.3) is 16.6 Å². The fourth-order valence-corrected chi connectivity index (χ4v) is 4.39. The van der Waals surface area contributed by atoms with Gasteiger partial charge in [-0.05, 0) is 50.8 Å². The maximum absolute atomic E-state index is 12.9. The summed E-state index contributed by atoms with van der Waals surface area (Å²) in [7, 11) is 0. The van der Waals surface area contributed by atoms with E-state index < -0.39 is 0 Å². The Labute approximate surface area is 179 Å². The Morgan fingerprint density at radius 2 is 1.94 bits per heavy atom. The second-order valence-electron chi connectivity index (χ2n) is 8.09. The highest BCUT2D eigenvalue weighted by molar-refractivity contribution is 6.06. The third kappa shape index (κ3) is 3.59. The Balaban J connectivity index is 1.22. The van der Waals surface area contributed by atoms with Gasteiger partial charge < -0.3 is 10.6 Å². The van der Waals surface area contributed by atoms with Gasteiger partial charge >= 0.3 is 0 Å². The molecule has 3 N–H and O–H groups in total. The summed E-state index contributed by atoms with van der Waals surface area (Å²) in [6, 6.07) is 14.1. The number of carbonyl (C=O) groups is 1. The summed E-state index contributed by atoms with van der Waals surface area (Å²) in [4.78, 5) is 17.2. The molecule has 3 aromatic heterocycles. The van der Waals surface area contributed by atoms with Crippen LogP contribution in [-0.2, 0) is 0 Å². The fraction of sp³-hybridized carbons (Fsp3) is 0.304. The van der Waals surface area contributed by atoms with Crippen LogP contribution >= 0.6 is 0 Å². The molecule has 0 aliphatic heterocycles. The second kappa shape index (κ2) is 7.76. The number of rotatable bonds is 4. The fourth-order valence-electron chi connectivity index (χ4n) is 4.39. The number of benzene rings is 1. The van der Waals surface area contributed by atoms with Crippen molar-refractivity contribution in [3.63, 3.8) is 0 Å². The maximum atomic E-state index is 12.9. The lowest BCUT2D eigenvalue weighted by atomic mass is 9.91. The number of H-pyrrole nitrogens is 1. The second-order valence-corrected chi connectivity index (χ2v) is 8.09. The molecular weight excluding hydrogens is 390 g/mol. The van der Waals surface area contributed by atoms with Crippen molar-refractivity contribution in [2.45, 2.75) is 44.7 Å². The quantitative estimate of drug-likeness (QED) is 0.474. The first kappa shape index (κ1) is 19.1. The number of hydrogen-bond donors (Lipinski definition) is 3. The van der Waals surface area contributed by atoms with Gasteiger partial charge in [-0.2, -0.15) is 10.4 Å². The molecule has 1 aliphatic carbocycles. The maximum Gasteiger partial charge on any atom is 0.253 e. The molecule has 156 valence electrons. The van der Waals surface area contributed by atoms with Gasteiger partial charge in [0.25, 0.3) is 5.91 Å². The van der Waals surface area contributed by atoms with Gasteiger partial charge in [0.1, 0.15) is 23.1 Å². The summed E-state index contributed by atoms with van der Waals surface area (Å²) in [6.45, 7) is 1.96. The molecule has 0 radical (unpaired) electrons. The zero-order valence-corrected chi connectivity index (χ0v) is 17.2. The molecule has 1 aromatic carbocycles.